The van der Waals surface area contributed by atoms with Crippen molar-refractivity contribution in [3.8, 4) is 0 Å². The first-order valence-electron chi connectivity index (χ1n) is 5.22. The summed E-state index contributed by atoms with van der Waals surface area (Å²) >= 11 is 0. The average molecular weight is 277 g/mol. The molecule has 0 saturated heterocycles. The highest BCUT2D eigenvalue weighted by atomic mass is 16.6. The molecule has 9 nitrogen and oxygen atoms in total. The zero-order valence-electron chi connectivity index (χ0n) is 9.77. The standard InChI is InChI=1S/C11H7N3O6/c15-10(8-3-4-9(20-8)14(18)19)13-6-1-2-7(11(16)17)12-5-6/h1-5H,(H,13,15)(H,16,17). The lowest BCUT2D eigenvalue weighted by Gasteiger charge is -2.02. The number of hydrogen-bond acceptors (Lipinski definition) is 6. The zero-order valence-corrected chi connectivity index (χ0v) is 9.77. The molecule has 0 atom stereocenters. The van der Waals surface area contributed by atoms with Crippen LogP contribution in [0.5, 0.6) is 0 Å². The number of nitrogens with zero attached hydrogens (tertiary/aromatic N) is 2. The molecule has 0 unspecified atom stereocenters. The van der Waals surface area contributed by atoms with Crippen molar-refractivity contribution in [1.29, 1.82) is 0 Å². The van der Waals surface area contributed by atoms with Gasteiger partial charge in [0.15, 0.2) is 5.76 Å². The van der Waals surface area contributed by atoms with E-state index in [1.165, 1.54) is 12.1 Å². The number of furan rings is 1. The van der Waals surface area contributed by atoms with E-state index in [2.05, 4.69) is 10.3 Å². The minimum absolute atomic E-state index is 0.170. The molecule has 0 aliphatic heterocycles. The van der Waals surface area contributed by atoms with Gasteiger partial charge >= 0.3 is 11.9 Å². The van der Waals surface area contributed by atoms with Gasteiger partial charge in [-0.1, -0.05) is 0 Å². The molecule has 1 amide bonds. The number of nitrogens with one attached hydrogen (secondary N) is 1. The molecule has 2 N–H and O–H groups in total. The fraction of sp³-hybridized carbons (Fsp3) is 0. The summed E-state index contributed by atoms with van der Waals surface area (Å²) in [6, 6.07) is 4.77. The molecule has 0 aliphatic rings. The number of carboxylic acids is 1. The molecular formula is C11H7N3O6. The van der Waals surface area contributed by atoms with Crippen molar-refractivity contribution >= 4 is 23.4 Å². The van der Waals surface area contributed by atoms with Crippen LogP contribution in [-0.2, 0) is 0 Å². The number of anilines is 1. The number of aromatic nitrogens is 1. The first kappa shape index (κ1) is 13.2. The fourth-order valence-electron chi connectivity index (χ4n) is 1.33. The Morgan fingerprint density at radius 3 is 2.55 bits per heavy atom. The van der Waals surface area contributed by atoms with Crippen LogP contribution in [0, 0.1) is 10.1 Å². The molecule has 102 valence electrons. The summed E-state index contributed by atoms with van der Waals surface area (Å²) in [5.74, 6) is -2.68. The lowest BCUT2D eigenvalue weighted by Crippen LogP contribution is -2.11. The second-order valence-electron chi connectivity index (χ2n) is 3.59. The molecule has 20 heavy (non-hydrogen) atoms. The molecule has 0 saturated carbocycles. The Morgan fingerprint density at radius 2 is 2.05 bits per heavy atom. The maximum atomic E-state index is 11.7. The number of carboxylic acid groups (broad SMARTS) is 1. The third-order valence-corrected chi connectivity index (χ3v) is 2.24. The van der Waals surface area contributed by atoms with Gasteiger partial charge in [0.2, 0.25) is 0 Å². The molecule has 0 radical (unpaired) electrons. The molecule has 0 aromatic carbocycles. The molecule has 2 aromatic rings. The Bertz CT molecular complexity index is 676. The predicted octanol–water partition coefficient (Wildman–Crippen LogP) is 1.53. The van der Waals surface area contributed by atoms with E-state index >= 15 is 0 Å². The number of hydrogen-bond donors (Lipinski definition) is 2. The number of carbonyl (C=O) groups excluding carboxylic acids is 1. The normalized spacial score (nSPS) is 10.0. The summed E-state index contributed by atoms with van der Waals surface area (Å²) in [6.07, 6.45) is 1.15. The van der Waals surface area contributed by atoms with Crippen LogP contribution in [0.2, 0.25) is 0 Å². The Balaban J connectivity index is 2.10. The predicted molar refractivity (Wildman–Crippen MR) is 64.5 cm³/mol. The average Bonchev–Trinajstić information content (AvgIpc) is 2.89. The van der Waals surface area contributed by atoms with E-state index in [-0.39, 0.29) is 17.1 Å². The maximum absolute atomic E-state index is 11.7. The number of aromatic carboxylic acids is 1. The summed E-state index contributed by atoms with van der Waals surface area (Å²) in [4.78, 5) is 35.5. The van der Waals surface area contributed by atoms with Gasteiger partial charge in [-0.2, -0.15) is 0 Å². The van der Waals surface area contributed by atoms with Crippen molar-refractivity contribution in [2.75, 3.05) is 5.32 Å². The van der Waals surface area contributed by atoms with Crippen LogP contribution in [0.25, 0.3) is 0 Å². The summed E-state index contributed by atoms with van der Waals surface area (Å²) in [5.41, 5.74) is 0.0655. The quantitative estimate of drug-likeness (QED) is 0.638. The summed E-state index contributed by atoms with van der Waals surface area (Å²) in [6.45, 7) is 0. The Morgan fingerprint density at radius 1 is 1.30 bits per heavy atom. The topological polar surface area (TPSA) is 136 Å². The number of rotatable bonds is 4. The molecule has 2 rings (SSSR count). The van der Waals surface area contributed by atoms with Crippen LogP contribution in [-0.4, -0.2) is 26.9 Å². The molecule has 0 fully saturated rings. The minimum atomic E-state index is -1.19. The zero-order chi connectivity index (χ0) is 14.7. The van der Waals surface area contributed by atoms with Crippen LogP contribution in [0.4, 0.5) is 11.6 Å². The highest BCUT2D eigenvalue weighted by Gasteiger charge is 2.17. The van der Waals surface area contributed by atoms with Gasteiger partial charge in [-0.05, 0) is 18.2 Å². The van der Waals surface area contributed by atoms with Crippen molar-refractivity contribution in [1.82, 2.24) is 4.98 Å². The largest absolute Gasteiger partial charge is 0.477 e. The lowest BCUT2D eigenvalue weighted by atomic mass is 10.3. The Labute approximate surface area is 111 Å². The molecule has 2 heterocycles. The Kier molecular flexibility index (Phi) is 3.42. The van der Waals surface area contributed by atoms with E-state index in [1.54, 1.807) is 0 Å². The lowest BCUT2D eigenvalue weighted by molar-refractivity contribution is -0.402. The minimum Gasteiger partial charge on any atom is -0.477 e. The third-order valence-electron chi connectivity index (χ3n) is 2.24. The second kappa shape index (κ2) is 5.18. The van der Waals surface area contributed by atoms with Gasteiger partial charge in [-0.3, -0.25) is 14.9 Å². The van der Waals surface area contributed by atoms with Gasteiger partial charge in [0.25, 0.3) is 5.91 Å². The van der Waals surface area contributed by atoms with Crippen LogP contribution in [0.15, 0.2) is 34.9 Å². The molecular weight excluding hydrogens is 270 g/mol. The summed E-state index contributed by atoms with van der Waals surface area (Å²) in [5, 5.41) is 21.4. The van der Waals surface area contributed by atoms with Gasteiger partial charge in [0.1, 0.15) is 10.6 Å². The summed E-state index contributed by atoms with van der Waals surface area (Å²) < 4.78 is 4.72. The molecule has 0 spiro atoms. The van der Waals surface area contributed by atoms with Gasteiger partial charge in [0, 0.05) is 0 Å². The van der Waals surface area contributed by atoms with Crippen molar-refractivity contribution in [2.45, 2.75) is 0 Å². The van der Waals surface area contributed by atoms with E-state index in [1.807, 2.05) is 0 Å². The monoisotopic (exact) mass is 277 g/mol. The molecule has 2 aromatic heterocycles. The van der Waals surface area contributed by atoms with Gasteiger partial charge < -0.3 is 14.8 Å². The van der Waals surface area contributed by atoms with Crippen LogP contribution < -0.4 is 5.32 Å². The van der Waals surface area contributed by atoms with Crippen molar-refractivity contribution in [3.05, 3.63) is 52.0 Å². The molecule has 0 aliphatic carbocycles. The van der Waals surface area contributed by atoms with Gasteiger partial charge in [-0.25, -0.2) is 9.78 Å². The highest BCUT2D eigenvalue weighted by molar-refractivity contribution is 6.02. The van der Waals surface area contributed by atoms with Crippen molar-refractivity contribution in [2.24, 2.45) is 0 Å². The van der Waals surface area contributed by atoms with Crippen molar-refractivity contribution < 1.29 is 24.0 Å². The van der Waals surface area contributed by atoms with E-state index in [0.29, 0.717) is 0 Å². The van der Waals surface area contributed by atoms with Crippen LogP contribution in [0.3, 0.4) is 0 Å². The Hall–Kier alpha value is -3.23. The number of nitro groups is 1. The van der Waals surface area contributed by atoms with E-state index < -0.39 is 22.7 Å². The summed E-state index contributed by atoms with van der Waals surface area (Å²) in [7, 11) is 0. The molecule has 0 bridgehead atoms. The maximum Gasteiger partial charge on any atom is 0.433 e. The third kappa shape index (κ3) is 2.77. The van der Waals surface area contributed by atoms with Gasteiger partial charge in [0.05, 0.1) is 18.0 Å². The number of pyridine rings is 1. The highest BCUT2D eigenvalue weighted by Crippen LogP contribution is 2.17. The first-order chi connectivity index (χ1) is 9.47. The number of carbonyl (C=O) groups is 2. The second-order valence-corrected chi connectivity index (χ2v) is 3.59. The van der Waals surface area contributed by atoms with Gasteiger partial charge in [-0.15, -0.1) is 0 Å². The van der Waals surface area contributed by atoms with Crippen LogP contribution >= 0.6 is 0 Å². The van der Waals surface area contributed by atoms with Crippen molar-refractivity contribution in [3.63, 3.8) is 0 Å². The fourth-order valence-corrected chi connectivity index (χ4v) is 1.33. The van der Waals surface area contributed by atoms with E-state index in [4.69, 9.17) is 9.52 Å². The molecule has 9 heteroatoms. The van der Waals surface area contributed by atoms with E-state index in [0.717, 1.165) is 18.3 Å². The SMILES string of the molecule is O=C(O)c1ccc(NC(=O)c2ccc([N+](=O)[O-])o2)cn1. The smallest absolute Gasteiger partial charge is 0.433 e. The number of amides is 1. The first-order valence-corrected chi connectivity index (χ1v) is 5.22. The van der Waals surface area contributed by atoms with E-state index in [9.17, 15) is 19.7 Å². The van der Waals surface area contributed by atoms with Crippen LogP contribution in [0.1, 0.15) is 21.0 Å².